The van der Waals surface area contributed by atoms with Crippen LogP contribution in [-0.4, -0.2) is 29.3 Å². The molecule has 2 aromatic carbocycles. The predicted octanol–water partition coefficient (Wildman–Crippen LogP) is 3.23. The fourth-order valence-electron chi connectivity index (χ4n) is 3.38. The number of nitro groups is 1. The second-order valence-electron chi connectivity index (χ2n) is 7.41. The molecule has 0 bridgehead atoms. The van der Waals surface area contributed by atoms with E-state index in [1.807, 2.05) is 24.3 Å². The average Bonchev–Trinajstić information content (AvgIpc) is 3.43. The molecule has 0 atom stereocenters. The molecule has 1 heterocycles. The average molecular weight is 394 g/mol. The van der Waals surface area contributed by atoms with Crippen LogP contribution in [0.15, 0.2) is 42.5 Å². The number of hydrogen-bond donors (Lipinski definition) is 2. The molecule has 0 aromatic heterocycles. The van der Waals surface area contributed by atoms with Gasteiger partial charge in [-0.15, -0.1) is 0 Å². The molecule has 29 heavy (non-hydrogen) atoms. The molecule has 0 radical (unpaired) electrons. The van der Waals surface area contributed by atoms with Crippen molar-refractivity contribution in [1.82, 2.24) is 5.32 Å². The highest BCUT2D eigenvalue weighted by molar-refractivity contribution is 5.96. The Morgan fingerprint density at radius 1 is 1.17 bits per heavy atom. The first-order chi connectivity index (χ1) is 14.0. The van der Waals surface area contributed by atoms with Crippen LogP contribution in [0.5, 0.6) is 0 Å². The Balaban J connectivity index is 1.43. The van der Waals surface area contributed by atoms with Crippen molar-refractivity contribution in [3.8, 4) is 0 Å². The fraction of sp³-hybridized carbons (Fsp3) is 0.333. The lowest BCUT2D eigenvalue weighted by Gasteiger charge is -2.16. The standard InChI is InChI=1S/C21H22N4O4/c26-20-2-1-11-24(20)17-8-3-14(4-9-17)13-22-18-10-5-15(12-19(18)25(28)29)21(27)23-16-6-7-16/h3-5,8-10,12,16,22H,1-2,6-7,11,13H2,(H,23,27). The summed E-state index contributed by atoms with van der Waals surface area (Å²) in [6.45, 7) is 1.13. The molecule has 2 fully saturated rings. The van der Waals surface area contributed by atoms with Gasteiger partial charge in [0, 0.05) is 42.9 Å². The van der Waals surface area contributed by atoms with Crippen LogP contribution in [0, 0.1) is 10.1 Å². The van der Waals surface area contributed by atoms with Crippen LogP contribution < -0.4 is 15.5 Å². The Kier molecular flexibility index (Phi) is 5.16. The Labute approximate surface area is 168 Å². The number of anilines is 2. The van der Waals surface area contributed by atoms with E-state index in [1.165, 1.54) is 6.07 Å². The molecule has 2 N–H and O–H groups in total. The van der Waals surface area contributed by atoms with Crippen molar-refractivity contribution in [3.05, 3.63) is 63.7 Å². The monoisotopic (exact) mass is 394 g/mol. The van der Waals surface area contributed by atoms with Crippen LogP contribution in [0.1, 0.15) is 41.6 Å². The highest BCUT2D eigenvalue weighted by Gasteiger charge is 2.25. The van der Waals surface area contributed by atoms with Gasteiger partial charge in [0.2, 0.25) is 5.91 Å². The number of rotatable bonds is 7. The molecule has 8 nitrogen and oxygen atoms in total. The van der Waals surface area contributed by atoms with E-state index in [2.05, 4.69) is 10.6 Å². The summed E-state index contributed by atoms with van der Waals surface area (Å²) in [5, 5.41) is 17.4. The summed E-state index contributed by atoms with van der Waals surface area (Å²) in [6.07, 6.45) is 3.37. The Hall–Kier alpha value is -3.42. The molecule has 1 aliphatic heterocycles. The topological polar surface area (TPSA) is 105 Å². The van der Waals surface area contributed by atoms with Gasteiger partial charge >= 0.3 is 0 Å². The van der Waals surface area contributed by atoms with Crippen molar-refractivity contribution in [2.24, 2.45) is 0 Å². The van der Waals surface area contributed by atoms with Crippen molar-refractivity contribution >= 4 is 28.9 Å². The van der Waals surface area contributed by atoms with Crippen molar-refractivity contribution in [2.45, 2.75) is 38.3 Å². The maximum atomic E-state index is 12.1. The summed E-state index contributed by atoms with van der Waals surface area (Å²) < 4.78 is 0. The number of amides is 2. The summed E-state index contributed by atoms with van der Waals surface area (Å²) in [4.78, 5) is 36.7. The molecule has 1 saturated heterocycles. The smallest absolute Gasteiger partial charge is 0.293 e. The Morgan fingerprint density at radius 3 is 2.55 bits per heavy atom. The van der Waals surface area contributed by atoms with Gasteiger partial charge in [0.25, 0.3) is 11.6 Å². The van der Waals surface area contributed by atoms with E-state index in [-0.39, 0.29) is 29.1 Å². The van der Waals surface area contributed by atoms with Gasteiger partial charge in [-0.25, -0.2) is 0 Å². The van der Waals surface area contributed by atoms with Gasteiger partial charge in [0.05, 0.1) is 4.92 Å². The third-order valence-corrected chi connectivity index (χ3v) is 5.17. The quantitative estimate of drug-likeness (QED) is 0.554. The summed E-state index contributed by atoms with van der Waals surface area (Å²) in [7, 11) is 0. The SMILES string of the molecule is O=C(NC1CC1)c1ccc(NCc2ccc(N3CCCC3=O)cc2)c([N+](=O)[O-])c1. The van der Waals surface area contributed by atoms with Crippen molar-refractivity contribution in [2.75, 3.05) is 16.8 Å². The minimum atomic E-state index is -0.488. The van der Waals surface area contributed by atoms with Crippen molar-refractivity contribution in [1.29, 1.82) is 0 Å². The highest BCUT2D eigenvalue weighted by atomic mass is 16.6. The highest BCUT2D eigenvalue weighted by Crippen LogP contribution is 2.28. The first kappa shape index (κ1) is 18.9. The molecule has 2 aromatic rings. The lowest BCUT2D eigenvalue weighted by atomic mass is 10.1. The number of nitrogens with zero attached hydrogens (tertiary/aromatic N) is 2. The lowest BCUT2D eigenvalue weighted by molar-refractivity contribution is -0.384. The molecule has 1 aliphatic carbocycles. The number of nitrogens with one attached hydrogen (secondary N) is 2. The number of carbonyl (C=O) groups excluding carboxylic acids is 2. The summed E-state index contributed by atoms with van der Waals surface area (Å²) in [5.74, 6) is -0.147. The molecule has 0 unspecified atom stereocenters. The zero-order valence-corrected chi connectivity index (χ0v) is 15.9. The predicted molar refractivity (Wildman–Crippen MR) is 109 cm³/mol. The third-order valence-electron chi connectivity index (χ3n) is 5.17. The first-order valence-electron chi connectivity index (χ1n) is 9.74. The van der Waals surface area contributed by atoms with Gasteiger partial charge in [0.15, 0.2) is 0 Å². The van der Waals surface area contributed by atoms with E-state index < -0.39 is 4.92 Å². The fourth-order valence-corrected chi connectivity index (χ4v) is 3.38. The number of benzene rings is 2. The summed E-state index contributed by atoms with van der Waals surface area (Å²) in [6, 6.07) is 12.2. The molecule has 150 valence electrons. The van der Waals surface area contributed by atoms with E-state index in [0.29, 0.717) is 18.7 Å². The van der Waals surface area contributed by atoms with Gasteiger partial charge in [-0.2, -0.15) is 0 Å². The summed E-state index contributed by atoms with van der Waals surface area (Å²) >= 11 is 0. The van der Waals surface area contributed by atoms with Crippen LogP contribution in [0.2, 0.25) is 0 Å². The maximum absolute atomic E-state index is 12.1. The molecule has 2 amide bonds. The van der Waals surface area contributed by atoms with Crippen molar-refractivity contribution < 1.29 is 14.5 Å². The van der Waals surface area contributed by atoms with Gasteiger partial charge in [-0.3, -0.25) is 19.7 Å². The Bertz CT molecular complexity index is 954. The molecular formula is C21H22N4O4. The first-order valence-corrected chi connectivity index (χ1v) is 9.74. The van der Waals surface area contributed by atoms with E-state index in [9.17, 15) is 19.7 Å². The third kappa shape index (κ3) is 4.37. The van der Waals surface area contributed by atoms with Gasteiger partial charge in [-0.1, -0.05) is 12.1 Å². The second-order valence-corrected chi connectivity index (χ2v) is 7.41. The molecule has 2 aliphatic rings. The molecule has 0 spiro atoms. The zero-order valence-electron chi connectivity index (χ0n) is 15.9. The number of nitro benzene ring substituents is 1. The minimum absolute atomic E-state index is 0.132. The van der Waals surface area contributed by atoms with E-state index in [1.54, 1.807) is 17.0 Å². The van der Waals surface area contributed by atoms with Crippen molar-refractivity contribution in [3.63, 3.8) is 0 Å². The summed E-state index contributed by atoms with van der Waals surface area (Å²) in [5.41, 5.74) is 2.32. The zero-order chi connectivity index (χ0) is 20.4. The lowest BCUT2D eigenvalue weighted by Crippen LogP contribution is -2.25. The number of hydrogen-bond acceptors (Lipinski definition) is 5. The number of carbonyl (C=O) groups is 2. The van der Waals surface area contributed by atoms with Crippen LogP contribution in [0.4, 0.5) is 17.1 Å². The minimum Gasteiger partial charge on any atom is -0.375 e. The second kappa shape index (κ2) is 7.90. The van der Waals surface area contributed by atoms with Crippen LogP contribution in [0.3, 0.4) is 0 Å². The van der Waals surface area contributed by atoms with Crippen LogP contribution >= 0.6 is 0 Å². The molecule has 4 rings (SSSR count). The van der Waals surface area contributed by atoms with E-state index in [4.69, 9.17) is 0 Å². The Morgan fingerprint density at radius 2 is 1.93 bits per heavy atom. The van der Waals surface area contributed by atoms with Gasteiger partial charge in [0.1, 0.15) is 5.69 Å². The van der Waals surface area contributed by atoms with Crippen LogP contribution in [0.25, 0.3) is 0 Å². The molecular weight excluding hydrogens is 372 g/mol. The van der Waals surface area contributed by atoms with Crippen LogP contribution in [-0.2, 0) is 11.3 Å². The normalized spacial score (nSPS) is 16.0. The van der Waals surface area contributed by atoms with Gasteiger partial charge < -0.3 is 15.5 Å². The van der Waals surface area contributed by atoms with E-state index >= 15 is 0 Å². The van der Waals surface area contributed by atoms with Gasteiger partial charge in [-0.05, 0) is 49.1 Å². The largest absolute Gasteiger partial charge is 0.375 e. The molecule has 1 saturated carbocycles. The maximum Gasteiger partial charge on any atom is 0.293 e. The molecule has 8 heteroatoms. The van der Waals surface area contributed by atoms with E-state index in [0.717, 1.165) is 37.1 Å².